The van der Waals surface area contributed by atoms with Crippen LogP contribution in [0.5, 0.6) is 5.75 Å². The summed E-state index contributed by atoms with van der Waals surface area (Å²) >= 11 is 3.31. The molecule has 6 heteroatoms. The summed E-state index contributed by atoms with van der Waals surface area (Å²) in [6.07, 6.45) is 0. The number of rotatable bonds is 4. The Kier molecular flexibility index (Phi) is 4.66. The molecule has 1 rings (SSSR count). The molecular formula is C12H18BrNO3S. The summed E-state index contributed by atoms with van der Waals surface area (Å²) in [5.74, 6) is 0.663. The highest BCUT2D eigenvalue weighted by Gasteiger charge is 2.22. The van der Waals surface area contributed by atoms with Crippen molar-refractivity contribution in [3.05, 3.63) is 22.7 Å². The Labute approximate surface area is 117 Å². The number of hydrogen-bond donors (Lipinski definition) is 1. The number of methoxy groups -OCH3 is 1. The van der Waals surface area contributed by atoms with Gasteiger partial charge < -0.3 is 4.74 Å². The average molecular weight is 336 g/mol. The average Bonchev–Trinajstić information content (AvgIpc) is 2.17. The van der Waals surface area contributed by atoms with E-state index in [-0.39, 0.29) is 11.2 Å². The molecule has 18 heavy (non-hydrogen) atoms. The smallest absolute Gasteiger partial charge is 0.233 e. The Balaban J connectivity index is 2.97. The Bertz CT molecular complexity index is 521. The highest BCUT2D eigenvalue weighted by atomic mass is 79.9. The summed E-state index contributed by atoms with van der Waals surface area (Å²) in [5, 5.41) is 0. The lowest BCUT2D eigenvalue weighted by atomic mass is 10.0. The van der Waals surface area contributed by atoms with Crippen LogP contribution in [0.1, 0.15) is 20.8 Å². The fraction of sp³-hybridized carbons (Fsp3) is 0.500. The summed E-state index contributed by atoms with van der Waals surface area (Å²) in [4.78, 5) is 0. The fourth-order valence-electron chi connectivity index (χ4n) is 1.48. The molecule has 0 aliphatic carbocycles. The second kappa shape index (κ2) is 5.48. The molecular weight excluding hydrogens is 318 g/mol. The van der Waals surface area contributed by atoms with Crippen LogP contribution in [0.4, 0.5) is 5.69 Å². The monoisotopic (exact) mass is 335 g/mol. The van der Waals surface area contributed by atoms with Crippen LogP contribution < -0.4 is 9.46 Å². The quantitative estimate of drug-likeness (QED) is 0.918. The minimum absolute atomic E-state index is 0.0592. The van der Waals surface area contributed by atoms with Crippen molar-refractivity contribution in [3.8, 4) is 5.75 Å². The molecule has 0 spiro atoms. The van der Waals surface area contributed by atoms with Gasteiger partial charge in [0.2, 0.25) is 10.0 Å². The maximum Gasteiger partial charge on any atom is 0.233 e. The minimum Gasteiger partial charge on any atom is -0.497 e. The first-order chi connectivity index (χ1) is 8.13. The molecule has 0 unspecified atom stereocenters. The van der Waals surface area contributed by atoms with E-state index in [4.69, 9.17) is 4.74 Å². The zero-order chi connectivity index (χ0) is 14.0. The number of benzene rings is 1. The zero-order valence-electron chi connectivity index (χ0n) is 11.0. The number of halogens is 1. The minimum atomic E-state index is -3.38. The molecule has 0 radical (unpaired) electrons. The first-order valence-corrected chi connectivity index (χ1v) is 7.91. The fourth-order valence-corrected chi connectivity index (χ4v) is 3.68. The van der Waals surface area contributed by atoms with E-state index in [0.29, 0.717) is 15.9 Å². The van der Waals surface area contributed by atoms with E-state index in [2.05, 4.69) is 20.7 Å². The molecule has 102 valence electrons. The van der Waals surface area contributed by atoms with E-state index in [1.54, 1.807) is 18.2 Å². The third-order valence-electron chi connectivity index (χ3n) is 2.06. The molecule has 0 fully saturated rings. The van der Waals surface area contributed by atoms with Crippen molar-refractivity contribution < 1.29 is 13.2 Å². The van der Waals surface area contributed by atoms with Crippen LogP contribution in [0.2, 0.25) is 0 Å². The molecule has 0 atom stereocenters. The third-order valence-corrected chi connectivity index (χ3v) is 4.53. The van der Waals surface area contributed by atoms with Crippen molar-refractivity contribution in [1.82, 2.24) is 0 Å². The summed E-state index contributed by atoms with van der Waals surface area (Å²) in [5.41, 5.74) is 0.190. The predicted molar refractivity (Wildman–Crippen MR) is 77.6 cm³/mol. The summed E-state index contributed by atoms with van der Waals surface area (Å²) in [6, 6.07) is 5.14. The van der Waals surface area contributed by atoms with Gasteiger partial charge in [-0.1, -0.05) is 20.8 Å². The Morgan fingerprint density at radius 3 is 2.44 bits per heavy atom. The lowest BCUT2D eigenvalue weighted by Crippen LogP contribution is -2.26. The van der Waals surface area contributed by atoms with Crippen molar-refractivity contribution >= 4 is 31.6 Å². The molecule has 4 nitrogen and oxygen atoms in total. The van der Waals surface area contributed by atoms with E-state index in [1.165, 1.54) is 7.11 Å². The molecule has 1 aromatic rings. The number of hydrogen-bond acceptors (Lipinski definition) is 3. The number of anilines is 1. The number of nitrogens with one attached hydrogen (secondary N) is 1. The van der Waals surface area contributed by atoms with Crippen LogP contribution in [-0.4, -0.2) is 21.3 Å². The lowest BCUT2D eigenvalue weighted by molar-refractivity contribution is 0.415. The molecule has 1 aromatic carbocycles. The van der Waals surface area contributed by atoms with Crippen LogP contribution in [0, 0.1) is 5.41 Å². The third kappa shape index (κ3) is 4.86. The van der Waals surface area contributed by atoms with Gasteiger partial charge in [-0.05, 0) is 33.5 Å². The number of sulfonamides is 1. The second-order valence-electron chi connectivity index (χ2n) is 5.27. The topological polar surface area (TPSA) is 55.4 Å². The molecule has 0 aromatic heterocycles. The molecule has 0 amide bonds. The molecule has 0 bridgehead atoms. The van der Waals surface area contributed by atoms with E-state index < -0.39 is 10.0 Å². The van der Waals surface area contributed by atoms with Gasteiger partial charge in [-0.2, -0.15) is 0 Å². The van der Waals surface area contributed by atoms with Gasteiger partial charge in [-0.15, -0.1) is 0 Å². The van der Waals surface area contributed by atoms with Gasteiger partial charge >= 0.3 is 0 Å². The van der Waals surface area contributed by atoms with Crippen LogP contribution in [0.15, 0.2) is 22.7 Å². The van der Waals surface area contributed by atoms with Gasteiger partial charge in [0.25, 0.3) is 0 Å². The molecule has 0 heterocycles. The molecule has 0 aliphatic heterocycles. The van der Waals surface area contributed by atoms with Gasteiger partial charge in [0, 0.05) is 10.5 Å². The van der Waals surface area contributed by atoms with Crippen molar-refractivity contribution in [2.24, 2.45) is 5.41 Å². The van der Waals surface area contributed by atoms with E-state index in [1.807, 2.05) is 20.8 Å². The van der Waals surface area contributed by atoms with Crippen molar-refractivity contribution in [2.75, 3.05) is 17.6 Å². The lowest BCUT2D eigenvalue weighted by Gasteiger charge is -2.19. The van der Waals surface area contributed by atoms with Crippen molar-refractivity contribution in [1.29, 1.82) is 0 Å². The number of ether oxygens (including phenoxy) is 1. The SMILES string of the molecule is COc1ccc(Br)c(NS(=O)(=O)CC(C)(C)C)c1. The predicted octanol–water partition coefficient (Wildman–Crippen LogP) is 3.25. The van der Waals surface area contributed by atoms with Crippen molar-refractivity contribution in [3.63, 3.8) is 0 Å². The molecule has 0 aliphatic rings. The summed E-state index contributed by atoms with van der Waals surface area (Å²) in [6.45, 7) is 5.65. The normalized spacial score (nSPS) is 12.3. The molecule has 1 N–H and O–H groups in total. The second-order valence-corrected chi connectivity index (χ2v) is 7.84. The van der Waals surface area contributed by atoms with E-state index in [0.717, 1.165) is 0 Å². The maximum atomic E-state index is 12.0. The van der Waals surface area contributed by atoms with Gasteiger partial charge in [-0.3, -0.25) is 4.72 Å². The Morgan fingerprint density at radius 1 is 1.33 bits per heavy atom. The van der Waals surface area contributed by atoms with Crippen LogP contribution >= 0.6 is 15.9 Å². The highest BCUT2D eigenvalue weighted by molar-refractivity contribution is 9.10. The molecule has 0 saturated heterocycles. The Morgan fingerprint density at radius 2 is 1.94 bits per heavy atom. The van der Waals surface area contributed by atoms with Gasteiger partial charge in [0.1, 0.15) is 5.75 Å². The van der Waals surface area contributed by atoms with Gasteiger partial charge in [0.05, 0.1) is 18.6 Å². The first-order valence-electron chi connectivity index (χ1n) is 5.47. The van der Waals surface area contributed by atoms with Crippen LogP contribution in [0.3, 0.4) is 0 Å². The van der Waals surface area contributed by atoms with E-state index >= 15 is 0 Å². The maximum absolute atomic E-state index is 12.0. The first kappa shape index (κ1) is 15.3. The van der Waals surface area contributed by atoms with Crippen LogP contribution in [0.25, 0.3) is 0 Å². The zero-order valence-corrected chi connectivity index (χ0v) is 13.4. The van der Waals surface area contributed by atoms with Gasteiger partial charge in [0.15, 0.2) is 0 Å². The van der Waals surface area contributed by atoms with Crippen molar-refractivity contribution in [2.45, 2.75) is 20.8 Å². The highest BCUT2D eigenvalue weighted by Crippen LogP contribution is 2.29. The molecule has 0 saturated carbocycles. The largest absolute Gasteiger partial charge is 0.497 e. The van der Waals surface area contributed by atoms with Crippen LogP contribution in [-0.2, 0) is 10.0 Å². The summed E-state index contributed by atoms with van der Waals surface area (Å²) in [7, 11) is -1.84. The summed E-state index contributed by atoms with van der Waals surface area (Å²) < 4.78 is 32.3. The Hall–Kier alpha value is -0.750. The van der Waals surface area contributed by atoms with Gasteiger partial charge in [-0.25, -0.2) is 8.42 Å². The standard InChI is InChI=1S/C12H18BrNO3S/c1-12(2,3)8-18(15,16)14-11-7-9(17-4)5-6-10(11)13/h5-7,14H,8H2,1-4H3. The van der Waals surface area contributed by atoms with E-state index in [9.17, 15) is 8.42 Å².